The summed E-state index contributed by atoms with van der Waals surface area (Å²) < 4.78 is 26.1. The molecule has 1 saturated heterocycles. The fourth-order valence-electron chi connectivity index (χ4n) is 2.59. The van der Waals surface area contributed by atoms with E-state index < -0.39 is 11.6 Å². The van der Waals surface area contributed by atoms with E-state index in [1.54, 1.807) is 13.0 Å². The minimum absolute atomic E-state index is 0.0426. The predicted molar refractivity (Wildman–Crippen MR) is 73.2 cm³/mol. The zero-order valence-corrected chi connectivity index (χ0v) is 11.8. The molecule has 1 heterocycles. The Hall–Kier alpha value is -1.49. The number of hydrogen-bond donors (Lipinski definition) is 1. The first-order valence-electron chi connectivity index (χ1n) is 6.94. The second kappa shape index (κ2) is 6.31. The van der Waals surface area contributed by atoms with Crippen LogP contribution in [0.25, 0.3) is 0 Å². The second-order valence-corrected chi connectivity index (χ2v) is 5.34. The van der Waals surface area contributed by atoms with E-state index >= 15 is 0 Å². The van der Waals surface area contributed by atoms with E-state index in [9.17, 15) is 13.6 Å². The smallest absolute Gasteiger partial charge is 0.219 e. The Balaban J connectivity index is 1.90. The number of rotatable bonds is 3. The maximum atomic E-state index is 13.2. The van der Waals surface area contributed by atoms with Crippen molar-refractivity contribution >= 4 is 5.91 Å². The Morgan fingerprint density at radius 2 is 1.95 bits per heavy atom. The number of nitrogens with zero attached hydrogens (tertiary/aromatic N) is 1. The van der Waals surface area contributed by atoms with Crippen LogP contribution in [0.2, 0.25) is 0 Å². The van der Waals surface area contributed by atoms with Crippen molar-refractivity contribution in [3.63, 3.8) is 0 Å². The third kappa shape index (κ3) is 3.54. The van der Waals surface area contributed by atoms with Crippen molar-refractivity contribution in [2.24, 2.45) is 0 Å². The molecule has 3 nitrogen and oxygen atoms in total. The molecule has 2 rings (SSSR count). The number of nitrogens with one attached hydrogen (secondary N) is 1. The molecule has 0 radical (unpaired) electrons. The van der Waals surface area contributed by atoms with Crippen molar-refractivity contribution in [1.29, 1.82) is 0 Å². The van der Waals surface area contributed by atoms with Gasteiger partial charge in [-0.05, 0) is 37.5 Å². The molecule has 0 spiro atoms. The minimum atomic E-state index is -0.823. The van der Waals surface area contributed by atoms with E-state index in [2.05, 4.69) is 5.32 Å². The Labute approximate surface area is 118 Å². The lowest BCUT2D eigenvalue weighted by Gasteiger charge is -2.33. The van der Waals surface area contributed by atoms with Gasteiger partial charge in [0.15, 0.2) is 11.6 Å². The molecule has 20 heavy (non-hydrogen) atoms. The number of likely N-dealkylation sites (tertiary alicyclic amines) is 1. The van der Waals surface area contributed by atoms with Gasteiger partial charge >= 0.3 is 0 Å². The second-order valence-electron chi connectivity index (χ2n) is 5.34. The highest BCUT2D eigenvalue weighted by Crippen LogP contribution is 2.19. The summed E-state index contributed by atoms with van der Waals surface area (Å²) in [5.41, 5.74) is 0.734. The van der Waals surface area contributed by atoms with E-state index in [1.165, 1.54) is 6.07 Å². The largest absolute Gasteiger partial charge is 0.343 e. The van der Waals surface area contributed by atoms with Gasteiger partial charge in [0.05, 0.1) is 0 Å². The van der Waals surface area contributed by atoms with Gasteiger partial charge in [0.25, 0.3) is 0 Å². The lowest BCUT2D eigenvalue weighted by Crippen LogP contribution is -2.44. The van der Waals surface area contributed by atoms with Crippen molar-refractivity contribution in [2.45, 2.75) is 38.8 Å². The van der Waals surface area contributed by atoms with Crippen molar-refractivity contribution in [2.75, 3.05) is 13.1 Å². The van der Waals surface area contributed by atoms with Crippen LogP contribution in [-0.2, 0) is 4.79 Å². The molecule has 110 valence electrons. The van der Waals surface area contributed by atoms with E-state index in [0.717, 1.165) is 37.6 Å². The van der Waals surface area contributed by atoms with Gasteiger partial charge in [0, 0.05) is 32.1 Å². The average molecular weight is 282 g/mol. The van der Waals surface area contributed by atoms with Crippen molar-refractivity contribution in [3.8, 4) is 0 Å². The van der Waals surface area contributed by atoms with E-state index in [0.29, 0.717) is 6.04 Å². The van der Waals surface area contributed by atoms with Gasteiger partial charge in [-0.25, -0.2) is 8.78 Å². The summed E-state index contributed by atoms with van der Waals surface area (Å²) in [6.07, 6.45) is 1.77. The topological polar surface area (TPSA) is 32.3 Å². The summed E-state index contributed by atoms with van der Waals surface area (Å²) in [7, 11) is 0. The molecule has 0 saturated carbocycles. The highest BCUT2D eigenvalue weighted by atomic mass is 19.2. The molecule has 1 unspecified atom stereocenters. The highest BCUT2D eigenvalue weighted by Gasteiger charge is 2.22. The molecule has 0 bridgehead atoms. The van der Waals surface area contributed by atoms with Gasteiger partial charge in [0.2, 0.25) is 5.91 Å². The van der Waals surface area contributed by atoms with Gasteiger partial charge < -0.3 is 10.2 Å². The zero-order chi connectivity index (χ0) is 14.7. The van der Waals surface area contributed by atoms with Crippen LogP contribution in [0.4, 0.5) is 8.78 Å². The lowest BCUT2D eigenvalue weighted by molar-refractivity contribution is -0.129. The molecule has 1 aromatic carbocycles. The molecule has 1 aromatic rings. The van der Waals surface area contributed by atoms with E-state index in [1.807, 2.05) is 11.8 Å². The summed E-state index contributed by atoms with van der Waals surface area (Å²) >= 11 is 0. The lowest BCUT2D eigenvalue weighted by atomic mass is 10.0. The van der Waals surface area contributed by atoms with E-state index in [-0.39, 0.29) is 11.9 Å². The minimum Gasteiger partial charge on any atom is -0.343 e. The van der Waals surface area contributed by atoms with Crippen LogP contribution in [0.3, 0.4) is 0 Å². The summed E-state index contributed by atoms with van der Waals surface area (Å²) in [6, 6.07) is 4.24. The number of piperidine rings is 1. The Kier molecular flexibility index (Phi) is 4.70. The van der Waals surface area contributed by atoms with Crippen LogP contribution < -0.4 is 5.32 Å². The first-order valence-corrected chi connectivity index (χ1v) is 6.94. The summed E-state index contributed by atoms with van der Waals surface area (Å²) in [4.78, 5) is 13.1. The third-order valence-electron chi connectivity index (χ3n) is 3.87. The molecule has 1 aliphatic heterocycles. The fourth-order valence-corrected chi connectivity index (χ4v) is 2.59. The monoisotopic (exact) mass is 282 g/mol. The first kappa shape index (κ1) is 14.9. The molecular weight excluding hydrogens is 262 g/mol. The maximum Gasteiger partial charge on any atom is 0.219 e. The van der Waals surface area contributed by atoms with Crippen molar-refractivity contribution < 1.29 is 13.6 Å². The molecule has 1 amide bonds. The average Bonchev–Trinajstić information content (AvgIpc) is 2.42. The van der Waals surface area contributed by atoms with Gasteiger partial charge in [-0.3, -0.25) is 4.79 Å². The van der Waals surface area contributed by atoms with Crippen LogP contribution in [0.1, 0.15) is 38.3 Å². The molecule has 1 fully saturated rings. The summed E-state index contributed by atoms with van der Waals surface area (Å²) in [6.45, 7) is 5.01. The van der Waals surface area contributed by atoms with Crippen molar-refractivity contribution in [1.82, 2.24) is 10.2 Å². The number of hydrogen-bond acceptors (Lipinski definition) is 2. The standard InChI is InChI=1S/C15H20F2N2O/c1-10(12-3-4-14(16)15(17)9-12)18-13-5-7-19(8-6-13)11(2)20/h3-4,9-10,13,18H,5-8H2,1-2H3. The number of halogens is 2. The number of carbonyl (C=O) groups is 1. The first-order chi connectivity index (χ1) is 9.47. The summed E-state index contributed by atoms with van der Waals surface area (Å²) in [5.74, 6) is -1.53. The Morgan fingerprint density at radius 1 is 1.30 bits per heavy atom. The SMILES string of the molecule is CC(=O)N1CCC(NC(C)c2ccc(F)c(F)c2)CC1. The molecule has 1 aliphatic rings. The number of benzene rings is 1. The Morgan fingerprint density at radius 3 is 2.50 bits per heavy atom. The third-order valence-corrected chi connectivity index (χ3v) is 3.87. The predicted octanol–water partition coefficient (Wildman–Crippen LogP) is 2.63. The molecular formula is C15H20F2N2O. The normalized spacial score (nSPS) is 18.1. The van der Waals surface area contributed by atoms with Crippen LogP contribution in [0.15, 0.2) is 18.2 Å². The van der Waals surface area contributed by atoms with Gasteiger partial charge in [-0.2, -0.15) is 0 Å². The van der Waals surface area contributed by atoms with Gasteiger partial charge in [-0.15, -0.1) is 0 Å². The molecule has 1 atom stereocenters. The maximum absolute atomic E-state index is 13.2. The van der Waals surface area contributed by atoms with Crippen LogP contribution >= 0.6 is 0 Å². The van der Waals surface area contributed by atoms with Crippen LogP contribution in [-0.4, -0.2) is 29.9 Å². The van der Waals surface area contributed by atoms with Gasteiger partial charge in [0.1, 0.15) is 0 Å². The molecule has 5 heteroatoms. The molecule has 0 aliphatic carbocycles. The van der Waals surface area contributed by atoms with E-state index in [4.69, 9.17) is 0 Å². The number of carbonyl (C=O) groups excluding carboxylic acids is 1. The highest BCUT2D eigenvalue weighted by molar-refractivity contribution is 5.73. The molecule has 0 aromatic heterocycles. The van der Waals surface area contributed by atoms with Crippen molar-refractivity contribution in [3.05, 3.63) is 35.4 Å². The quantitative estimate of drug-likeness (QED) is 0.924. The van der Waals surface area contributed by atoms with Crippen LogP contribution in [0, 0.1) is 11.6 Å². The zero-order valence-electron chi connectivity index (χ0n) is 11.8. The number of amides is 1. The summed E-state index contributed by atoms with van der Waals surface area (Å²) in [5, 5.41) is 3.41. The van der Waals surface area contributed by atoms with Gasteiger partial charge in [-0.1, -0.05) is 6.07 Å². The van der Waals surface area contributed by atoms with Crippen LogP contribution in [0.5, 0.6) is 0 Å². The fraction of sp³-hybridized carbons (Fsp3) is 0.533. The Bertz CT molecular complexity index is 485. The molecule has 1 N–H and O–H groups in total.